The van der Waals surface area contributed by atoms with Crippen molar-refractivity contribution in [2.75, 3.05) is 11.9 Å². The molecule has 0 radical (unpaired) electrons. The second-order valence-corrected chi connectivity index (χ2v) is 6.55. The average molecular weight is 394 g/mol. The molecule has 1 aliphatic heterocycles. The predicted octanol–water partition coefficient (Wildman–Crippen LogP) is 3.44. The SMILES string of the molecule is CC(Oc1ccc(Cl)cc1[N+](=O)[O-])C(=O)Nc1ccc2c(c1F)CCNC2. The summed E-state index contributed by atoms with van der Waals surface area (Å²) < 4.78 is 20.0. The van der Waals surface area contributed by atoms with Gasteiger partial charge in [-0.25, -0.2) is 4.39 Å². The number of fused-ring (bicyclic) bond motifs is 1. The van der Waals surface area contributed by atoms with Crippen molar-refractivity contribution in [3.63, 3.8) is 0 Å². The molecule has 3 rings (SSSR count). The van der Waals surface area contributed by atoms with Crippen molar-refractivity contribution in [2.24, 2.45) is 0 Å². The van der Waals surface area contributed by atoms with Gasteiger partial charge in [0.2, 0.25) is 0 Å². The van der Waals surface area contributed by atoms with Crippen molar-refractivity contribution in [1.82, 2.24) is 5.32 Å². The van der Waals surface area contributed by atoms with Crippen molar-refractivity contribution >= 4 is 28.9 Å². The molecule has 142 valence electrons. The van der Waals surface area contributed by atoms with Crippen LogP contribution in [-0.4, -0.2) is 23.5 Å². The molecule has 27 heavy (non-hydrogen) atoms. The Labute approximate surface area is 159 Å². The molecular weight excluding hydrogens is 377 g/mol. The van der Waals surface area contributed by atoms with Gasteiger partial charge in [-0.2, -0.15) is 0 Å². The molecular formula is C18H17ClFN3O4. The highest BCUT2D eigenvalue weighted by Crippen LogP contribution is 2.31. The van der Waals surface area contributed by atoms with Crippen molar-refractivity contribution in [2.45, 2.75) is 26.0 Å². The van der Waals surface area contributed by atoms with Crippen molar-refractivity contribution in [1.29, 1.82) is 0 Å². The van der Waals surface area contributed by atoms with Gasteiger partial charge >= 0.3 is 5.69 Å². The van der Waals surface area contributed by atoms with E-state index in [1.165, 1.54) is 25.1 Å². The summed E-state index contributed by atoms with van der Waals surface area (Å²) in [6.45, 7) is 2.68. The quantitative estimate of drug-likeness (QED) is 0.599. The third-order valence-electron chi connectivity index (χ3n) is 4.26. The van der Waals surface area contributed by atoms with E-state index >= 15 is 0 Å². The number of hydrogen-bond donors (Lipinski definition) is 2. The molecule has 7 nitrogen and oxygen atoms in total. The van der Waals surface area contributed by atoms with Gasteiger partial charge in [-0.05, 0) is 49.2 Å². The Kier molecular flexibility index (Phi) is 5.57. The molecule has 0 bridgehead atoms. The van der Waals surface area contributed by atoms with Crippen LogP contribution in [0.2, 0.25) is 5.02 Å². The predicted molar refractivity (Wildman–Crippen MR) is 98.6 cm³/mol. The van der Waals surface area contributed by atoms with Crippen molar-refractivity contribution < 1.29 is 18.8 Å². The first-order valence-electron chi connectivity index (χ1n) is 8.29. The molecule has 0 fully saturated rings. The number of nitrogens with zero attached hydrogens (tertiary/aromatic N) is 1. The van der Waals surface area contributed by atoms with Crippen LogP contribution >= 0.6 is 11.6 Å². The molecule has 1 unspecified atom stereocenters. The van der Waals surface area contributed by atoms with E-state index in [-0.39, 0.29) is 22.1 Å². The molecule has 9 heteroatoms. The number of carbonyl (C=O) groups is 1. The van der Waals surface area contributed by atoms with Crippen LogP contribution in [0.25, 0.3) is 0 Å². The van der Waals surface area contributed by atoms with Gasteiger partial charge in [0.1, 0.15) is 5.82 Å². The van der Waals surface area contributed by atoms with Gasteiger partial charge in [-0.3, -0.25) is 14.9 Å². The van der Waals surface area contributed by atoms with Crippen LogP contribution in [-0.2, 0) is 17.8 Å². The topological polar surface area (TPSA) is 93.5 Å². The van der Waals surface area contributed by atoms with Gasteiger partial charge < -0.3 is 15.4 Å². The summed E-state index contributed by atoms with van der Waals surface area (Å²) in [7, 11) is 0. The van der Waals surface area contributed by atoms with Crippen LogP contribution in [0, 0.1) is 15.9 Å². The lowest BCUT2D eigenvalue weighted by Crippen LogP contribution is -2.31. The molecule has 2 N–H and O–H groups in total. The molecule has 0 saturated carbocycles. The number of carbonyl (C=O) groups excluding carboxylic acids is 1. The maximum absolute atomic E-state index is 14.6. The Morgan fingerprint density at radius 2 is 2.19 bits per heavy atom. The van der Waals surface area contributed by atoms with Crippen molar-refractivity contribution in [3.8, 4) is 5.75 Å². The largest absolute Gasteiger partial charge is 0.474 e. The van der Waals surface area contributed by atoms with Gasteiger partial charge in [0.05, 0.1) is 10.6 Å². The fourth-order valence-corrected chi connectivity index (χ4v) is 3.01. The Hall–Kier alpha value is -2.71. The van der Waals surface area contributed by atoms with Crippen LogP contribution in [0.4, 0.5) is 15.8 Å². The first-order chi connectivity index (χ1) is 12.9. The third kappa shape index (κ3) is 4.17. The molecule has 1 heterocycles. The molecule has 1 aliphatic rings. The van der Waals surface area contributed by atoms with E-state index < -0.39 is 22.8 Å². The van der Waals surface area contributed by atoms with E-state index in [1.807, 2.05) is 0 Å². The van der Waals surface area contributed by atoms with E-state index in [0.29, 0.717) is 25.1 Å². The van der Waals surface area contributed by atoms with Gasteiger partial charge in [-0.15, -0.1) is 0 Å². The highest BCUT2D eigenvalue weighted by atomic mass is 35.5. The molecule has 0 spiro atoms. The number of halogens is 2. The van der Waals surface area contributed by atoms with Crippen LogP contribution in [0.1, 0.15) is 18.1 Å². The van der Waals surface area contributed by atoms with Gasteiger partial charge in [0, 0.05) is 17.6 Å². The lowest BCUT2D eigenvalue weighted by molar-refractivity contribution is -0.386. The summed E-state index contributed by atoms with van der Waals surface area (Å²) >= 11 is 5.76. The minimum Gasteiger partial charge on any atom is -0.474 e. The summed E-state index contributed by atoms with van der Waals surface area (Å²) in [5, 5.41) is 16.9. The van der Waals surface area contributed by atoms with Gasteiger partial charge in [0.15, 0.2) is 11.9 Å². The number of benzene rings is 2. The van der Waals surface area contributed by atoms with Crippen LogP contribution in [0.3, 0.4) is 0 Å². The van der Waals surface area contributed by atoms with Crippen LogP contribution in [0.15, 0.2) is 30.3 Å². The average Bonchev–Trinajstić information content (AvgIpc) is 2.65. The zero-order valence-corrected chi connectivity index (χ0v) is 15.2. The van der Waals surface area contributed by atoms with Gasteiger partial charge in [-0.1, -0.05) is 17.7 Å². The molecule has 1 amide bonds. The summed E-state index contributed by atoms with van der Waals surface area (Å²) in [6.07, 6.45) is -0.546. The fraction of sp³-hybridized carbons (Fsp3) is 0.278. The molecule has 0 aliphatic carbocycles. The Bertz CT molecular complexity index is 906. The summed E-state index contributed by atoms with van der Waals surface area (Å²) in [5.41, 5.74) is 1.14. The molecule has 0 aromatic heterocycles. The van der Waals surface area contributed by atoms with Gasteiger partial charge in [0.25, 0.3) is 5.91 Å². The lowest BCUT2D eigenvalue weighted by atomic mass is 9.99. The highest BCUT2D eigenvalue weighted by molar-refractivity contribution is 6.30. The minimum atomic E-state index is -1.08. The van der Waals surface area contributed by atoms with E-state index in [9.17, 15) is 19.3 Å². The van der Waals surface area contributed by atoms with Crippen LogP contribution < -0.4 is 15.4 Å². The van der Waals surface area contributed by atoms with E-state index in [0.717, 1.165) is 11.6 Å². The molecule has 2 aromatic rings. The first-order valence-corrected chi connectivity index (χ1v) is 8.67. The Balaban J connectivity index is 1.75. The monoisotopic (exact) mass is 393 g/mol. The van der Waals surface area contributed by atoms with E-state index in [2.05, 4.69) is 10.6 Å². The number of nitro benzene ring substituents is 1. The molecule has 0 saturated heterocycles. The number of hydrogen-bond acceptors (Lipinski definition) is 5. The number of anilines is 1. The van der Waals surface area contributed by atoms with Crippen molar-refractivity contribution in [3.05, 3.63) is 62.4 Å². The number of rotatable bonds is 5. The smallest absolute Gasteiger partial charge is 0.312 e. The second-order valence-electron chi connectivity index (χ2n) is 6.11. The lowest BCUT2D eigenvalue weighted by Gasteiger charge is -2.20. The maximum atomic E-state index is 14.6. The third-order valence-corrected chi connectivity index (χ3v) is 4.49. The summed E-state index contributed by atoms with van der Waals surface area (Å²) in [6, 6.07) is 7.13. The first kappa shape index (κ1) is 19.1. The van der Waals surface area contributed by atoms with E-state index in [1.54, 1.807) is 6.07 Å². The molecule has 1 atom stereocenters. The summed E-state index contributed by atoms with van der Waals surface area (Å²) in [5.74, 6) is -1.18. The summed E-state index contributed by atoms with van der Waals surface area (Å²) in [4.78, 5) is 22.8. The number of ether oxygens (including phenoxy) is 1. The van der Waals surface area contributed by atoms with E-state index in [4.69, 9.17) is 16.3 Å². The fourth-order valence-electron chi connectivity index (χ4n) is 2.84. The number of nitrogens with one attached hydrogen (secondary N) is 2. The van der Waals surface area contributed by atoms with Crippen LogP contribution in [0.5, 0.6) is 5.75 Å². The zero-order chi connectivity index (χ0) is 19.6. The number of nitro groups is 1. The standard InChI is InChI=1S/C18H17ClFN3O4/c1-10(27-16-5-3-12(19)8-15(16)23(25)26)18(24)22-14-4-2-11-9-21-7-6-13(11)17(14)20/h2-5,8,10,21H,6-7,9H2,1H3,(H,22,24). The molecule has 2 aromatic carbocycles. The normalized spacial score (nSPS) is 14.2. The number of amides is 1. The Morgan fingerprint density at radius 3 is 2.93 bits per heavy atom. The minimum absolute atomic E-state index is 0.0571. The highest BCUT2D eigenvalue weighted by Gasteiger charge is 2.23. The Morgan fingerprint density at radius 1 is 1.41 bits per heavy atom. The second kappa shape index (κ2) is 7.89. The maximum Gasteiger partial charge on any atom is 0.312 e. The zero-order valence-electron chi connectivity index (χ0n) is 14.4.